The van der Waals surface area contributed by atoms with Gasteiger partial charge in [0.2, 0.25) is 0 Å². The zero-order valence-electron chi connectivity index (χ0n) is 23.2. The Labute approximate surface area is 255 Å². The zero-order chi connectivity index (χ0) is 29.4. The lowest BCUT2D eigenvalue weighted by molar-refractivity contribution is 0.0770. The molecule has 0 fully saturated rings. The van der Waals surface area contributed by atoms with E-state index in [9.17, 15) is 4.79 Å². The molecule has 0 saturated heterocycles. The molecule has 0 radical (unpaired) electrons. The second-order valence-electron chi connectivity index (χ2n) is 9.82. The van der Waals surface area contributed by atoms with Crippen molar-refractivity contribution < 1.29 is 18.8 Å². The standard InChI is InChI=1S/C35H31BrNO4P/c1-40-29-19-17-27(18-20-29)24-37(26-42(39,31-13-7-3-8-14-31)32-15-9-4-10-16-32)35(38)33-23-30(21-22-34(33)36)41-25-28-11-5-2-6-12-28/h2-23H,24-26H2,1H3. The van der Waals surface area contributed by atoms with Crippen LogP contribution in [0.4, 0.5) is 0 Å². The van der Waals surface area contributed by atoms with E-state index >= 15 is 4.57 Å². The summed E-state index contributed by atoms with van der Waals surface area (Å²) < 4.78 is 27.0. The molecule has 1 amide bonds. The van der Waals surface area contributed by atoms with Crippen LogP contribution in [0.1, 0.15) is 21.5 Å². The molecular weight excluding hydrogens is 609 g/mol. The van der Waals surface area contributed by atoms with Crippen LogP contribution in [0.25, 0.3) is 0 Å². The van der Waals surface area contributed by atoms with Crippen molar-refractivity contribution in [3.05, 3.63) is 155 Å². The van der Waals surface area contributed by atoms with E-state index in [1.807, 2.05) is 127 Å². The van der Waals surface area contributed by atoms with Gasteiger partial charge in [0.25, 0.3) is 5.91 Å². The fraction of sp³-hybridized carbons (Fsp3) is 0.114. The summed E-state index contributed by atoms with van der Waals surface area (Å²) in [5, 5.41) is 1.39. The second-order valence-corrected chi connectivity index (χ2v) is 13.5. The van der Waals surface area contributed by atoms with Crippen LogP contribution in [-0.2, 0) is 17.7 Å². The molecule has 0 atom stereocenters. The van der Waals surface area contributed by atoms with Crippen molar-refractivity contribution in [1.82, 2.24) is 4.90 Å². The third-order valence-electron chi connectivity index (χ3n) is 6.95. The Morgan fingerprint density at radius 3 is 1.83 bits per heavy atom. The molecule has 0 aliphatic carbocycles. The molecule has 0 N–H and O–H groups in total. The van der Waals surface area contributed by atoms with Gasteiger partial charge in [0.1, 0.15) is 18.1 Å². The van der Waals surface area contributed by atoms with Gasteiger partial charge in [-0.05, 0) is 57.4 Å². The molecule has 5 nitrogen and oxygen atoms in total. The molecule has 0 aliphatic rings. The number of methoxy groups -OCH3 is 1. The Kier molecular flexibility index (Phi) is 9.58. The molecule has 0 spiro atoms. The van der Waals surface area contributed by atoms with Gasteiger partial charge in [-0.15, -0.1) is 0 Å². The molecule has 7 heteroatoms. The third-order valence-corrected chi connectivity index (χ3v) is 10.6. The molecular formula is C35H31BrNO4P. The summed E-state index contributed by atoms with van der Waals surface area (Å²) >= 11 is 3.58. The van der Waals surface area contributed by atoms with E-state index in [2.05, 4.69) is 15.9 Å². The number of benzene rings is 5. The van der Waals surface area contributed by atoms with Gasteiger partial charge in [0.05, 0.1) is 19.0 Å². The van der Waals surface area contributed by atoms with E-state index in [1.54, 1.807) is 18.1 Å². The average Bonchev–Trinajstić information content (AvgIpc) is 3.05. The molecule has 0 heterocycles. The van der Waals surface area contributed by atoms with Gasteiger partial charge in [-0.1, -0.05) is 103 Å². The fourth-order valence-electron chi connectivity index (χ4n) is 4.70. The van der Waals surface area contributed by atoms with Gasteiger partial charge in [-0.3, -0.25) is 4.79 Å². The first-order valence-corrected chi connectivity index (χ1v) is 16.2. The highest BCUT2D eigenvalue weighted by Crippen LogP contribution is 2.45. The number of hydrogen-bond donors (Lipinski definition) is 0. The van der Waals surface area contributed by atoms with Crippen LogP contribution in [0.5, 0.6) is 11.5 Å². The minimum atomic E-state index is -3.25. The lowest BCUT2D eigenvalue weighted by Crippen LogP contribution is -2.35. The van der Waals surface area contributed by atoms with Crippen LogP contribution in [0.2, 0.25) is 0 Å². The third kappa shape index (κ3) is 7.02. The molecule has 0 bridgehead atoms. The van der Waals surface area contributed by atoms with E-state index in [-0.39, 0.29) is 18.7 Å². The van der Waals surface area contributed by atoms with Crippen molar-refractivity contribution in [2.24, 2.45) is 0 Å². The van der Waals surface area contributed by atoms with E-state index in [4.69, 9.17) is 9.47 Å². The maximum atomic E-state index is 15.0. The zero-order valence-corrected chi connectivity index (χ0v) is 25.7. The molecule has 0 aromatic heterocycles. The van der Waals surface area contributed by atoms with Gasteiger partial charge < -0.3 is 18.9 Å². The number of nitrogens with zero attached hydrogens (tertiary/aromatic N) is 1. The first kappa shape index (κ1) is 29.4. The number of amides is 1. The molecule has 5 rings (SSSR count). The summed E-state index contributed by atoms with van der Waals surface area (Å²) in [6, 6.07) is 41.6. The highest BCUT2D eigenvalue weighted by Gasteiger charge is 2.33. The highest BCUT2D eigenvalue weighted by atomic mass is 79.9. The largest absolute Gasteiger partial charge is 0.497 e. The smallest absolute Gasteiger partial charge is 0.255 e. The van der Waals surface area contributed by atoms with Crippen LogP contribution < -0.4 is 20.1 Å². The van der Waals surface area contributed by atoms with Crippen molar-refractivity contribution in [2.75, 3.05) is 13.4 Å². The molecule has 42 heavy (non-hydrogen) atoms. The van der Waals surface area contributed by atoms with Gasteiger partial charge in [0, 0.05) is 21.6 Å². The summed E-state index contributed by atoms with van der Waals surface area (Å²) in [6.07, 6.45) is 0.0213. The summed E-state index contributed by atoms with van der Waals surface area (Å²) in [5.41, 5.74) is 2.35. The Bertz CT molecular complexity index is 1620. The van der Waals surface area contributed by atoms with E-state index < -0.39 is 7.14 Å². The number of rotatable bonds is 11. The minimum Gasteiger partial charge on any atom is -0.497 e. The molecule has 5 aromatic carbocycles. The number of ether oxygens (including phenoxy) is 2. The fourth-order valence-corrected chi connectivity index (χ4v) is 7.75. The first-order chi connectivity index (χ1) is 20.5. The quantitative estimate of drug-likeness (QED) is 0.139. The van der Waals surface area contributed by atoms with Gasteiger partial charge in [0.15, 0.2) is 7.14 Å². The molecule has 0 unspecified atom stereocenters. The van der Waals surface area contributed by atoms with Gasteiger partial charge >= 0.3 is 0 Å². The molecule has 0 aliphatic heterocycles. The molecule has 5 aromatic rings. The Hall–Kier alpha value is -4.12. The van der Waals surface area contributed by atoms with Crippen molar-refractivity contribution in [1.29, 1.82) is 0 Å². The summed E-state index contributed by atoms with van der Waals surface area (Å²) in [6.45, 7) is 0.636. The maximum Gasteiger partial charge on any atom is 0.255 e. The average molecular weight is 641 g/mol. The first-order valence-electron chi connectivity index (χ1n) is 13.5. The maximum absolute atomic E-state index is 15.0. The lowest BCUT2D eigenvalue weighted by Gasteiger charge is -2.29. The summed E-state index contributed by atoms with van der Waals surface area (Å²) in [5.74, 6) is 1.04. The van der Waals surface area contributed by atoms with Crippen LogP contribution >= 0.6 is 23.1 Å². The number of halogens is 1. The van der Waals surface area contributed by atoms with Crippen LogP contribution in [0.15, 0.2) is 138 Å². The lowest BCUT2D eigenvalue weighted by atomic mass is 10.1. The Morgan fingerprint density at radius 1 is 0.714 bits per heavy atom. The number of carbonyl (C=O) groups excluding carboxylic acids is 1. The van der Waals surface area contributed by atoms with Gasteiger partial charge in [-0.2, -0.15) is 0 Å². The van der Waals surface area contributed by atoms with Gasteiger partial charge in [-0.25, -0.2) is 0 Å². The van der Waals surface area contributed by atoms with Crippen molar-refractivity contribution in [2.45, 2.75) is 13.2 Å². The monoisotopic (exact) mass is 639 g/mol. The second kappa shape index (κ2) is 13.7. The molecule has 0 saturated carbocycles. The minimum absolute atomic E-state index is 0.0213. The SMILES string of the molecule is COc1ccc(CN(CP(=O)(c2ccccc2)c2ccccc2)C(=O)c2cc(OCc3ccccc3)ccc2Br)cc1. The normalized spacial score (nSPS) is 11.1. The predicted octanol–water partition coefficient (Wildman–Crippen LogP) is 7.65. The van der Waals surface area contributed by atoms with E-state index in [1.165, 1.54) is 0 Å². The van der Waals surface area contributed by atoms with E-state index in [0.717, 1.165) is 16.9 Å². The van der Waals surface area contributed by atoms with Crippen molar-refractivity contribution >= 4 is 39.6 Å². The van der Waals surface area contributed by atoms with Crippen LogP contribution in [0, 0.1) is 0 Å². The number of hydrogen-bond acceptors (Lipinski definition) is 4. The predicted molar refractivity (Wildman–Crippen MR) is 172 cm³/mol. The topological polar surface area (TPSA) is 55.8 Å². The molecule has 212 valence electrons. The summed E-state index contributed by atoms with van der Waals surface area (Å²) in [4.78, 5) is 16.0. The van der Waals surface area contributed by atoms with E-state index in [0.29, 0.717) is 33.0 Å². The number of carbonyl (C=O) groups is 1. The van der Waals surface area contributed by atoms with Crippen LogP contribution in [-0.4, -0.2) is 24.2 Å². The van der Waals surface area contributed by atoms with Crippen LogP contribution in [0.3, 0.4) is 0 Å². The van der Waals surface area contributed by atoms with Crippen molar-refractivity contribution in [3.8, 4) is 11.5 Å². The summed E-state index contributed by atoms with van der Waals surface area (Å²) in [7, 11) is -1.64. The Morgan fingerprint density at radius 2 is 1.26 bits per heavy atom. The Balaban J connectivity index is 1.52. The highest BCUT2D eigenvalue weighted by molar-refractivity contribution is 9.10. The van der Waals surface area contributed by atoms with Crippen molar-refractivity contribution in [3.63, 3.8) is 0 Å².